The monoisotopic (exact) mass is 201 g/mol. The molecule has 0 bridgehead atoms. The number of ether oxygens (including phenoxy) is 1. The summed E-state index contributed by atoms with van der Waals surface area (Å²) in [6, 6.07) is 0.650. The van der Waals surface area contributed by atoms with E-state index >= 15 is 0 Å². The summed E-state index contributed by atoms with van der Waals surface area (Å²) in [5, 5.41) is 3.35. The molecule has 0 aliphatic heterocycles. The van der Waals surface area contributed by atoms with Gasteiger partial charge in [0, 0.05) is 19.8 Å². The first-order valence-electron chi connectivity index (χ1n) is 6.01. The van der Waals surface area contributed by atoms with Gasteiger partial charge >= 0.3 is 0 Å². The average molecular weight is 201 g/mol. The molecule has 0 rings (SSSR count). The molecule has 2 nitrogen and oxygen atoms in total. The van der Waals surface area contributed by atoms with Crippen LogP contribution in [0.25, 0.3) is 0 Å². The topological polar surface area (TPSA) is 21.3 Å². The summed E-state index contributed by atoms with van der Waals surface area (Å²) in [6.45, 7) is 3.13. The average Bonchev–Trinajstić information content (AvgIpc) is 2.22. The zero-order valence-electron chi connectivity index (χ0n) is 10.1. The Kier molecular flexibility index (Phi) is 10.9. The molecular formula is C12H27NO. The van der Waals surface area contributed by atoms with E-state index in [1.807, 2.05) is 7.05 Å². The number of unbranched alkanes of at least 4 members (excludes halogenated alkanes) is 4. The Balaban J connectivity index is 3.24. The van der Waals surface area contributed by atoms with Crippen LogP contribution < -0.4 is 5.32 Å². The summed E-state index contributed by atoms with van der Waals surface area (Å²) in [6.07, 6.45) is 9.30. The lowest BCUT2D eigenvalue weighted by Crippen LogP contribution is -2.26. The normalized spacial score (nSPS) is 13.1. The molecule has 1 unspecified atom stereocenters. The van der Waals surface area contributed by atoms with E-state index in [2.05, 4.69) is 12.2 Å². The van der Waals surface area contributed by atoms with Crippen LogP contribution in [-0.4, -0.2) is 26.8 Å². The number of hydrogen-bond donors (Lipinski definition) is 1. The highest BCUT2D eigenvalue weighted by atomic mass is 16.5. The van der Waals surface area contributed by atoms with E-state index in [9.17, 15) is 0 Å². The molecule has 0 spiro atoms. The second kappa shape index (κ2) is 11.0. The minimum Gasteiger partial charge on any atom is -0.385 e. The van der Waals surface area contributed by atoms with Crippen LogP contribution in [0.4, 0.5) is 0 Å². The Morgan fingerprint density at radius 2 is 1.79 bits per heavy atom. The van der Waals surface area contributed by atoms with E-state index < -0.39 is 0 Å². The predicted octanol–water partition coefficient (Wildman–Crippen LogP) is 2.97. The molecule has 0 saturated carbocycles. The molecule has 0 saturated heterocycles. The Morgan fingerprint density at radius 3 is 2.36 bits per heavy atom. The molecule has 86 valence electrons. The smallest absolute Gasteiger partial charge is 0.0477 e. The number of nitrogens with one attached hydrogen (secondary N) is 1. The molecule has 0 aromatic heterocycles. The predicted molar refractivity (Wildman–Crippen MR) is 62.7 cm³/mol. The lowest BCUT2D eigenvalue weighted by molar-refractivity contribution is 0.182. The van der Waals surface area contributed by atoms with Crippen LogP contribution in [0.2, 0.25) is 0 Å². The van der Waals surface area contributed by atoms with Crippen molar-refractivity contribution in [1.29, 1.82) is 0 Å². The van der Waals surface area contributed by atoms with Gasteiger partial charge in [0.2, 0.25) is 0 Å². The summed E-state index contributed by atoms with van der Waals surface area (Å²) >= 11 is 0. The van der Waals surface area contributed by atoms with Gasteiger partial charge in [-0.25, -0.2) is 0 Å². The highest BCUT2D eigenvalue weighted by Gasteiger charge is 2.04. The zero-order chi connectivity index (χ0) is 10.6. The second-order valence-corrected chi connectivity index (χ2v) is 3.97. The third kappa shape index (κ3) is 8.52. The third-order valence-electron chi connectivity index (χ3n) is 2.73. The molecular weight excluding hydrogens is 174 g/mol. The van der Waals surface area contributed by atoms with Crippen molar-refractivity contribution in [2.75, 3.05) is 20.8 Å². The van der Waals surface area contributed by atoms with Gasteiger partial charge in [0.1, 0.15) is 0 Å². The van der Waals surface area contributed by atoms with Gasteiger partial charge in [0.25, 0.3) is 0 Å². The first-order chi connectivity index (χ1) is 6.85. The Labute approximate surface area is 89.4 Å². The molecule has 0 aromatic carbocycles. The summed E-state index contributed by atoms with van der Waals surface area (Å²) in [7, 11) is 3.82. The van der Waals surface area contributed by atoms with Crippen molar-refractivity contribution < 1.29 is 4.74 Å². The van der Waals surface area contributed by atoms with E-state index in [1.165, 1.54) is 38.5 Å². The Hall–Kier alpha value is -0.0800. The van der Waals surface area contributed by atoms with Crippen LogP contribution >= 0.6 is 0 Å². The van der Waals surface area contributed by atoms with Gasteiger partial charge in [-0.3, -0.25) is 0 Å². The van der Waals surface area contributed by atoms with Crippen LogP contribution in [0.1, 0.15) is 51.9 Å². The quantitative estimate of drug-likeness (QED) is 0.549. The van der Waals surface area contributed by atoms with Crippen molar-refractivity contribution in [3.8, 4) is 0 Å². The number of methoxy groups -OCH3 is 1. The first-order valence-corrected chi connectivity index (χ1v) is 6.01. The largest absolute Gasteiger partial charge is 0.385 e. The van der Waals surface area contributed by atoms with E-state index in [1.54, 1.807) is 7.11 Å². The highest BCUT2D eigenvalue weighted by molar-refractivity contribution is 4.63. The Morgan fingerprint density at radius 1 is 1.07 bits per heavy atom. The fourth-order valence-corrected chi connectivity index (χ4v) is 1.69. The van der Waals surface area contributed by atoms with Crippen molar-refractivity contribution >= 4 is 0 Å². The maximum atomic E-state index is 5.08. The molecule has 2 heteroatoms. The molecule has 0 aliphatic rings. The van der Waals surface area contributed by atoms with Crippen molar-refractivity contribution in [1.82, 2.24) is 5.32 Å². The molecule has 0 aromatic rings. The van der Waals surface area contributed by atoms with Crippen LogP contribution in [0.5, 0.6) is 0 Å². The van der Waals surface area contributed by atoms with Gasteiger partial charge in [-0.05, 0) is 19.9 Å². The summed E-state index contributed by atoms with van der Waals surface area (Å²) in [5.74, 6) is 0. The SMILES string of the molecule is CCCCCCCC(CCOC)NC. The molecule has 0 heterocycles. The summed E-state index contributed by atoms with van der Waals surface area (Å²) in [4.78, 5) is 0. The van der Waals surface area contributed by atoms with Gasteiger partial charge in [-0.1, -0.05) is 39.0 Å². The maximum Gasteiger partial charge on any atom is 0.0477 e. The van der Waals surface area contributed by atoms with Crippen molar-refractivity contribution in [3.05, 3.63) is 0 Å². The van der Waals surface area contributed by atoms with E-state index in [0.717, 1.165) is 13.0 Å². The van der Waals surface area contributed by atoms with E-state index in [-0.39, 0.29) is 0 Å². The number of hydrogen-bond acceptors (Lipinski definition) is 2. The molecule has 0 radical (unpaired) electrons. The van der Waals surface area contributed by atoms with Crippen LogP contribution in [0.15, 0.2) is 0 Å². The third-order valence-corrected chi connectivity index (χ3v) is 2.73. The van der Waals surface area contributed by atoms with Crippen molar-refractivity contribution in [2.24, 2.45) is 0 Å². The number of rotatable bonds is 10. The fourth-order valence-electron chi connectivity index (χ4n) is 1.69. The van der Waals surface area contributed by atoms with Gasteiger partial charge in [-0.15, -0.1) is 0 Å². The minimum absolute atomic E-state index is 0.650. The molecule has 0 amide bonds. The van der Waals surface area contributed by atoms with Crippen molar-refractivity contribution in [2.45, 2.75) is 57.9 Å². The Bertz CT molecular complexity index is 106. The molecule has 0 aliphatic carbocycles. The van der Waals surface area contributed by atoms with Crippen LogP contribution in [-0.2, 0) is 4.74 Å². The van der Waals surface area contributed by atoms with Crippen LogP contribution in [0.3, 0.4) is 0 Å². The standard InChI is InChI=1S/C12H27NO/c1-4-5-6-7-8-9-12(13-2)10-11-14-3/h12-13H,4-11H2,1-3H3. The van der Waals surface area contributed by atoms with E-state index in [0.29, 0.717) is 6.04 Å². The van der Waals surface area contributed by atoms with Gasteiger partial charge in [-0.2, -0.15) is 0 Å². The summed E-state index contributed by atoms with van der Waals surface area (Å²) in [5.41, 5.74) is 0. The second-order valence-electron chi connectivity index (χ2n) is 3.97. The maximum absolute atomic E-state index is 5.08. The molecule has 1 N–H and O–H groups in total. The fraction of sp³-hybridized carbons (Fsp3) is 1.00. The zero-order valence-corrected chi connectivity index (χ0v) is 10.1. The molecule has 1 atom stereocenters. The summed E-state index contributed by atoms with van der Waals surface area (Å²) < 4.78 is 5.08. The van der Waals surface area contributed by atoms with Gasteiger partial charge in [0.15, 0.2) is 0 Å². The van der Waals surface area contributed by atoms with Crippen molar-refractivity contribution in [3.63, 3.8) is 0 Å². The highest BCUT2D eigenvalue weighted by Crippen LogP contribution is 2.08. The van der Waals surface area contributed by atoms with Crippen LogP contribution in [0, 0.1) is 0 Å². The molecule has 14 heavy (non-hydrogen) atoms. The minimum atomic E-state index is 0.650. The van der Waals surface area contributed by atoms with E-state index in [4.69, 9.17) is 4.74 Å². The first kappa shape index (κ1) is 13.9. The lowest BCUT2D eigenvalue weighted by Gasteiger charge is -2.15. The molecule has 0 fully saturated rings. The lowest BCUT2D eigenvalue weighted by atomic mass is 10.0. The van der Waals surface area contributed by atoms with Gasteiger partial charge in [0.05, 0.1) is 0 Å². The van der Waals surface area contributed by atoms with Gasteiger partial charge < -0.3 is 10.1 Å².